The molecule has 2 heteroatoms. The monoisotopic (exact) mass is 243 g/mol. The summed E-state index contributed by atoms with van der Waals surface area (Å²) in [5.41, 5.74) is 5.53. The Morgan fingerprint density at radius 3 is 2.06 bits per heavy atom. The van der Waals surface area contributed by atoms with Gasteiger partial charge in [-0.15, -0.1) is 0 Å². The Kier molecular flexibility index (Phi) is 7.69. The van der Waals surface area contributed by atoms with Crippen LogP contribution in [-0.4, -0.2) is 12.3 Å². The molecule has 1 fully saturated rings. The molecule has 0 amide bonds. The second-order valence-electron chi connectivity index (χ2n) is 5.56. The second kappa shape index (κ2) is 7.86. The van der Waals surface area contributed by atoms with Gasteiger partial charge in [-0.2, -0.15) is 0 Å². The van der Waals surface area contributed by atoms with Gasteiger partial charge < -0.3 is 5.73 Å². The summed E-state index contributed by atoms with van der Waals surface area (Å²) in [5, 5.41) is 0. The number of Topliss-reactive ketones (excluding diaryl/α,β-unsaturated/α-hetero) is 1. The maximum atomic E-state index is 12.2. The van der Waals surface area contributed by atoms with Gasteiger partial charge in [0.1, 0.15) is 5.78 Å². The maximum Gasteiger partial charge on any atom is 0.141 e. The normalized spacial score (nSPS) is 24.8. The maximum absolute atomic E-state index is 12.2. The molecule has 0 heterocycles. The molecule has 0 bridgehead atoms. The van der Waals surface area contributed by atoms with Crippen LogP contribution in [0, 0.1) is 17.3 Å². The van der Waals surface area contributed by atoms with Crippen molar-refractivity contribution in [1.82, 2.24) is 0 Å². The number of hydrogen-bond acceptors (Lipinski definition) is 2. The first kappa shape index (κ1) is 16.6. The first-order chi connectivity index (χ1) is 8.01. The van der Waals surface area contributed by atoms with E-state index in [2.05, 4.69) is 20.8 Å². The summed E-state index contributed by atoms with van der Waals surface area (Å²) in [6, 6.07) is 0. The second-order valence-corrected chi connectivity index (χ2v) is 5.56. The third-order valence-corrected chi connectivity index (χ3v) is 4.10. The van der Waals surface area contributed by atoms with E-state index in [4.69, 9.17) is 5.73 Å². The minimum atomic E-state index is -0.125. The summed E-state index contributed by atoms with van der Waals surface area (Å²) >= 11 is 0. The van der Waals surface area contributed by atoms with Crippen LogP contribution in [0.5, 0.6) is 0 Å². The highest BCUT2D eigenvalue weighted by atomic mass is 16.1. The van der Waals surface area contributed by atoms with E-state index in [9.17, 15) is 4.79 Å². The SMILES string of the molecule is CC.CCC(C)(C)C(=O)C1CCC(CN)CC1.[HH]. The van der Waals surface area contributed by atoms with Gasteiger partial charge in [-0.3, -0.25) is 4.79 Å². The van der Waals surface area contributed by atoms with Crippen molar-refractivity contribution in [3.05, 3.63) is 0 Å². The molecular weight excluding hydrogens is 210 g/mol. The molecule has 0 atom stereocenters. The fourth-order valence-corrected chi connectivity index (χ4v) is 2.39. The van der Waals surface area contributed by atoms with Crippen molar-refractivity contribution in [2.24, 2.45) is 23.0 Å². The molecule has 1 aliphatic rings. The van der Waals surface area contributed by atoms with Crippen LogP contribution in [0.1, 0.15) is 68.1 Å². The fraction of sp³-hybridized carbons (Fsp3) is 0.933. The van der Waals surface area contributed by atoms with Crippen LogP contribution in [0.25, 0.3) is 0 Å². The van der Waals surface area contributed by atoms with Crippen molar-refractivity contribution in [2.75, 3.05) is 6.54 Å². The van der Waals surface area contributed by atoms with Crippen LogP contribution in [0.4, 0.5) is 0 Å². The molecule has 0 aromatic heterocycles. The first-order valence-corrected chi connectivity index (χ1v) is 7.25. The van der Waals surface area contributed by atoms with Crippen molar-refractivity contribution in [2.45, 2.75) is 66.7 Å². The van der Waals surface area contributed by atoms with E-state index >= 15 is 0 Å². The minimum absolute atomic E-state index is 0. The predicted octanol–water partition coefficient (Wildman–Crippen LogP) is 4.03. The van der Waals surface area contributed by atoms with Crippen molar-refractivity contribution < 1.29 is 6.22 Å². The highest BCUT2D eigenvalue weighted by Gasteiger charge is 2.34. The van der Waals surface area contributed by atoms with E-state index in [0.29, 0.717) is 17.6 Å². The summed E-state index contributed by atoms with van der Waals surface area (Å²) in [6.07, 6.45) is 5.36. The number of carbonyl (C=O) groups excluding carboxylic acids is 1. The largest absolute Gasteiger partial charge is 0.330 e. The van der Waals surface area contributed by atoms with Crippen LogP contribution < -0.4 is 5.73 Å². The Bertz CT molecular complexity index is 221. The lowest BCUT2D eigenvalue weighted by Crippen LogP contribution is -2.34. The summed E-state index contributed by atoms with van der Waals surface area (Å²) in [7, 11) is 0. The van der Waals surface area contributed by atoms with Gasteiger partial charge in [0.25, 0.3) is 0 Å². The molecule has 0 radical (unpaired) electrons. The average Bonchev–Trinajstić information content (AvgIpc) is 2.40. The Morgan fingerprint density at radius 1 is 1.24 bits per heavy atom. The summed E-state index contributed by atoms with van der Waals surface area (Å²) in [4.78, 5) is 12.2. The van der Waals surface area contributed by atoms with Gasteiger partial charge >= 0.3 is 0 Å². The van der Waals surface area contributed by atoms with E-state index in [0.717, 1.165) is 38.6 Å². The highest BCUT2D eigenvalue weighted by molar-refractivity contribution is 5.86. The Hall–Kier alpha value is -0.370. The van der Waals surface area contributed by atoms with E-state index in [-0.39, 0.29) is 6.84 Å². The first-order valence-electron chi connectivity index (χ1n) is 7.25. The molecule has 1 aliphatic carbocycles. The zero-order valence-electron chi connectivity index (χ0n) is 12.4. The molecule has 1 saturated carbocycles. The van der Waals surface area contributed by atoms with Crippen molar-refractivity contribution >= 4 is 5.78 Å². The highest BCUT2D eigenvalue weighted by Crippen LogP contribution is 2.35. The molecule has 0 unspecified atom stereocenters. The molecule has 17 heavy (non-hydrogen) atoms. The number of nitrogens with two attached hydrogens (primary N) is 1. The quantitative estimate of drug-likeness (QED) is 0.810. The Labute approximate surface area is 109 Å². The van der Waals surface area contributed by atoms with Crippen LogP contribution in [0.15, 0.2) is 0 Å². The van der Waals surface area contributed by atoms with Gasteiger partial charge in [0.05, 0.1) is 0 Å². The third-order valence-electron chi connectivity index (χ3n) is 4.10. The Balaban J connectivity index is 0. The van der Waals surface area contributed by atoms with Crippen molar-refractivity contribution in [3.63, 3.8) is 0 Å². The van der Waals surface area contributed by atoms with Gasteiger partial charge in [0.2, 0.25) is 0 Å². The lowest BCUT2D eigenvalue weighted by Gasteiger charge is -2.32. The lowest BCUT2D eigenvalue weighted by molar-refractivity contribution is -0.132. The number of carbonyl (C=O) groups is 1. The molecular formula is C15H33NO. The van der Waals surface area contributed by atoms with Crippen molar-refractivity contribution in [1.29, 1.82) is 0 Å². The smallest absolute Gasteiger partial charge is 0.141 e. The summed E-state index contributed by atoms with van der Waals surface area (Å²) in [6.45, 7) is 11.0. The molecule has 0 aromatic rings. The van der Waals surface area contributed by atoms with E-state index in [1.807, 2.05) is 13.8 Å². The van der Waals surface area contributed by atoms with Gasteiger partial charge in [0.15, 0.2) is 0 Å². The summed E-state index contributed by atoms with van der Waals surface area (Å²) < 4.78 is 0. The molecule has 0 aliphatic heterocycles. The number of hydrogen-bond donors (Lipinski definition) is 1. The molecule has 2 N–H and O–H groups in total. The third kappa shape index (κ3) is 4.79. The number of rotatable bonds is 4. The number of ketones is 1. The minimum Gasteiger partial charge on any atom is -0.330 e. The van der Waals surface area contributed by atoms with Gasteiger partial charge in [-0.05, 0) is 44.6 Å². The van der Waals surface area contributed by atoms with Crippen LogP contribution in [0.2, 0.25) is 0 Å². The van der Waals surface area contributed by atoms with Crippen LogP contribution >= 0.6 is 0 Å². The van der Waals surface area contributed by atoms with Crippen molar-refractivity contribution in [3.8, 4) is 0 Å². The molecule has 0 spiro atoms. The molecule has 2 nitrogen and oxygen atoms in total. The van der Waals surface area contributed by atoms with Crippen LogP contribution in [0.3, 0.4) is 0 Å². The molecule has 0 saturated heterocycles. The zero-order valence-corrected chi connectivity index (χ0v) is 12.4. The molecule has 0 aromatic carbocycles. The molecule has 104 valence electrons. The van der Waals surface area contributed by atoms with E-state index in [1.54, 1.807) is 0 Å². The summed E-state index contributed by atoms with van der Waals surface area (Å²) in [5.74, 6) is 1.45. The van der Waals surface area contributed by atoms with Gasteiger partial charge in [-0.1, -0.05) is 34.6 Å². The van der Waals surface area contributed by atoms with E-state index in [1.165, 1.54) is 0 Å². The lowest BCUT2D eigenvalue weighted by atomic mass is 9.72. The predicted molar refractivity (Wildman–Crippen MR) is 77.0 cm³/mol. The average molecular weight is 243 g/mol. The van der Waals surface area contributed by atoms with E-state index < -0.39 is 0 Å². The topological polar surface area (TPSA) is 43.1 Å². The Morgan fingerprint density at radius 2 is 1.71 bits per heavy atom. The zero-order chi connectivity index (χ0) is 13.5. The fourth-order valence-electron chi connectivity index (χ4n) is 2.39. The van der Waals surface area contributed by atoms with Gasteiger partial charge in [0, 0.05) is 12.8 Å². The standard InChI is InChI=1S/C13H25NO.C2H6.H2/c1-4-13(2,3)12(15)11-7-5-10(9-14)6-8-11;1-2;/h10-11H,4-9,14H2,1-3H3;1-2H3;1H. The van der Waals surface area contributed by atoms with Gasteiger partial charge in [-0.25, -0.2) is 0 Å². The molecule has 1 rings (SSSR count). The van der Waals surface area contributed by atoms with Crippen LogP contribution in [-0.2, 0) is 4.79 Å².